The van der Waals surface area contributed by atoms with Gasteiger partial charge >= 0.3 is 12.1 Å². The number of nitrogens with one attached hydrogen (secondary N) is 1. The number of aliphatic imine (C=N–C) groups is 1. The average Bonchev–Trinajstić information content (AvgIpc) is 2.79. The molecular weight excluding hydrogens is 473 g/mol. The number of amides is 1. The van der Waals surface area contributed by atoms with Crippen LogP contribution < -0.4 is 0 Å². The number of carboxylic acids is 1. The number of carbonyl (C=O) groups is 2. The number of piperazine rings is 1. The molecule has 1 heterocycles. The summed E-state index contributed by atoms with van der Waals surface area (Å²) in [5.41, 5.74) is -0.502. The molecule has 0 radical (unpaired) electrons. The Labute approximate surface area is 199 Å². The zero-order valence-electron chi connectivity index (χ0n) is 18.0. The fourth-order valence-corrected chi connectivity index (χ4v) is 3.63. The Morgan fingerprint density at radius 3 is 2.15 bits per heavy atom. The third-order valence-electron chi connectivity index (χ3n) is 5.28. The topological polar surface area (TPSA) is 97.1 Å². The highest BCUT2D eigenvalue weighted by Crippen LogP contribution is 2.27. The van der Waals surface area contributed by atoms with E-state index in [2.05, 4.69) is 4.99 Å². The minimum Gasteiger partial charge on any atom is -0.480 e. The van der Waals surface area contributed by atoms with Gasteiger partial charge in [-0.15, -0.1) is 0 Å². The lowest BCUT2D eigenvalue weighted by Crippen LogP contribution is -2.49. The van der Waals surface area contributed by atoms with Crippen LogP contribution in [0.5, 0.6) is 0 Å². The second kappa shape index (κ2) is 10.8. The highest BCUT2D eigenvalue weighted by Gasteiger charge is 2.35. The average molecular weight is 495 g/mol. The molecule has 3 rings (SSSR count). The second-order valence-corrected chi connectivity index (χ2v) is 8.11. The highest BCUT2D eigenvalue weighted by molar-refractivity contribution is 6.33. The van der Waals surface area contributed by atoms with Crippen LogP contribution in [-0.2, 0) is 4.79 Å². The predicted molar refractivity (Wildman–Crippen MR) is 122 cm³/mol. The zero-order chi connectivity index (χ0) is 24.9. The molecule has 1 saturated heterocycles. The van der Waals surface area contributed by atoms with Crippen molar-refractivity contribution in [1.29, 1.82) is 5.41 Å². The Morgan fingerprint density at radius 2 is 1.59 bits per heavy atom. The largest absolute Gasteiger partial charge is 0.480 e. The molecule has 2 aromatic carbocycles. The summed E-state index contributed by atoms with van der Waals surface area (Å²) >= 11 is 6.10. The first-order valence-electron chi connectivity index (χ1n) is 10.3. The fourth-order valence-electron chi connectivity index (χ4n) is 3.45. The number of nitrogens with zero attached hydrogens (tertiary/aromatic N) is 3. The maximum absolute atomic E-state index is 13.0. The van der Waals surface area contributed by atoms with E-state index in [0.29, 0.717) is 37.3 Å². The molecule has 2 N–H and O–H groups in total. The maximum atomic E-state index is 13.0. The third kappa shape index (κ3) is 6.64. The summed E-state index contributed by atoms with van der Waals surface area (Å²) in [5, 5.41) is 16.5. The number of hydrogen-bond acceptors (Lipinski definition) is 5. The number of hydrogen-bond donors (Lipinski definition) is 2. The molecule has 0 saturated carbocycles. The van der Waals surface area contributed by atoms with Crippen molar-refractivity contribution >= 4 is 40.6 Å². The molecule has 0 bridgehead atoms. The van der Waals surface area contributed by atoms with Crippen molar-refractivity contribution in [3.63, 3.8) is 0 Å². The number of halogens is 4. The van der Waals surface area contributed by atoms with Gasteiger partial charge in [0.05, 0.1) is 23.0 Å². The van der Waals surface area contributed by atoms with Gasteiger partial charge in [-0.05, 0) is 29.8 Å². The summed E-state index contributed by atoms with van der Waals surface area (Å²) in [7, 11) is 0. The van der Waals surface area contributed by atoms with Gasteiger partial charge in [0.1, 0.15) is 5.71 Å². The summed E-state index contributed by atoms with van der Waals surface area (Å²) in [4.78, 5) is 31.3. The highest BCUT2D eigenvalue weighted by atomic mass is 35.5. The van der Waals surface area contributed by atoms with E-state index in [9.17, 15) is 22.8 Å². The molecule has 1 aliphatic rings. The van der Waals surface area contributed by atoms with E-state index in [0.717, 1.165) is 0 Å². The van der Waals surface area contributed by atoms with Crippen molar-refractivity contribution < 1.29 is 27.9 Å². The van der Waals surface area contributed by atoms with Crippen molar-refractivity contribution in [2.24, 2.45) is 4.99 Å². The molecule has 34 heavy (non-hydrogen) atoms. The van der Waals surface area contributed by atoms with Gasteiger partial charge in [0.15, 0.2) is 0 Å². The lowest BCUT2D eigenvalue weighted by molar-refractivity contribution is -0.138. The van der Waals surface area contributed by atoms with Crippen molar-refractivity contribution in [2.75, 3.05) is 32.7 Å². The van der Waals surface area contributed by atoms with E-state index in [1.54, 1.807) is 34.1 Å². The monoisotopic (exact) mass is 494 g/mol. The molecule has 0 aromatic heterocycles. The normalized spacial score (nSPS) is 15.3. The molecule has 0 spiro atoms. The van der Waals surface area contributed by atoms with E-state index in [-0.39, 0.29) is 28.9 Å². The van der Waals surface area contributed by atoms with Crippen molar-refractivity contribution in [3.05, 3.63) is 64.7 Å². The van der Waals surface area contributed by atoms with Crippen molar-refractivity contribution in [1.82, 2.24) is 9.80 Å². The van der Waals surface area contributed by atoms with Crippen LogP contribution in [0.1, 0.15) is 22.3 Å². The summed E-state index contributed by atoms with van der Waals surface area (Å²) in [5.74, 6) is -1.18. The van der Waals surface area contributed by atoms with Crippen LogP contribution in [0, 0.1) is 5.41 Å². The molecule has 0 atom stereocenters. The molecule has 11 heteroatoms. The summed E-state index contributed by atoms with van der Waals surface area (Å²) in [6.07, 6.45) is -5.55. The van der Waals surface area contributed by atoms with Gasteiger partial charge < -0.3 is 15.4 Å². The van der Waals surface area contributed by atoms with Gasteiger partial charge in [0.25, 0.3) is 5.91 Å². The van der Waals surface area contributed by atoms with Gasteiger partial charge in [-0.3, -0.25) is 19.5 Å². The molecule has 7 nitrogen and oxygen atoms in total. The van der Waals surface area contributed by atoms with Crippen LogP contribution in [0.25, 0.3) is 0 Å². The molecule has 180 valence electrons. The van der Waals surface area contributed by atoms with E-state index in [1.807, 2.05) is 0 Å². The number of alkyl halides is 3. The van der Waals surface area contributed by atoms with Crippen LogP contribution in [0.15, 0.2) is 53.5 Å². The molecule has 1 aliphatic heterocycles. The standard InChI is InChI=1S/C23H22ClF3N4O3/c24-17-3-1-2-4-18(17)29-19(13-20(28)23(25,26)27)15-5-7-16(8-6-15)22(34)31-11-9-30(10-12-31)14-21(32)33/h1-8,28H,9-14H2,(H,32,33). The lowest BCUT2D eigenvalue weighted by Gasteiger charge is -2.33. The number of para-hydroxylation sites is 1. The molecule has 2 aromatic rings. The van der Waals surface area contributed by atoms with Gasteiger partial charge in [-0.25, -0.2) is 0 Å². The van der Waals surface area contributed by atoms with E-state index < -0.39 is 24.3 Å². The van der Waals surface area contributed by atoms with Crippen LogP contribution in [0.2, 0.25) is 5.02 Å². The zero-order valence-corrected chi connectivity index (χ0v) is 18.7. The Morgan fingerprint density at radius 1 is 1.00 bits per heavy atom. The number of aliphatic carboxylic acids is 1. The van der Waals surface area contributed by atoms with Crippen LogP contribution >= 0.6 is 11.6 Å². The SMILES string of the molecule is N=C(CC(=Nc1ccccc1Cl)c1ccc(C(=O)N2CCN(CC(=O)O)CC2)cc1)C(F)(F)F. The van der Waals surface area contributed by atoms with Crippen molar-refractivity contribution in [3.8, 4) is 0 Å². The smallest absolute Gasteiger partial charge is 0.429 e. The Bertz CT molecular complexity index is 1100. The quantitative estimate of drug-likeness (QED) is 0.562. The summed E-state index contributed by atoms with van der Waals surface area (Å²) < 4.78 is 39.1. The van der Waals surface area contributed by atoms with Gasteiger partial charge in [-0.2, -0.15) is 13.2 Å². The van der Waals surface area contributed by atoms with E-state index >= 15 is 0 Å². The molecular formula is C23H22ClF3N4O3. The van der Waals surface area contributed by atoms with Gasteiger partial charge in [0.2, 0.25) is 0 Å². The first-order valence-corrected chi connectivity index (χ1v) is 10.7. The van der Waals surface area contributed by atoms with E-state index in [4.69, 9.17) is 22.1 Å². The third-order valence-corrected chi connectivity index (χ3v) is 5.60. The molecule has 0 unspecified atom stereocenters. The number of benzene rings is 2. The van der Waals surface area contributed by atoms with Crippen LogP contribution in [0.4, 0.5) is 18.9 Å². The first kappa shape index (κ1) is 25.4. The first-order chi connectivity index (χ1) is 16.0. The summed E-state index contributed by atoms with van der Waals surface area (Å²) in [6.45, 7) is 1.53. The lowest BCUT2D eigenvalue weighted by atomic mass is 10.0. The van der Waals surface area contributed by atoms with Gasteiger partial charge in [0, 0.05) is 38.2 Å². The fraction of sp³-hybridized carbons (Fsp3) is 0.304. The Kier molecular flexibility index (Phi) is 8.06. The second-order valence-electron chi connectivity index (χ2n) is 7.70. The Balaban J connectivity index is 1.80. The van der Waals surface area contributed by atoms with Crippen LogP contribution in [-0.4, -0.2) is 77.1 Å². The number of carbonyl (C=O) groups excluding carboxylic acids is 1. The number of rotatable bonds is 7. The summed E-state index contributed by atoms with van der Waals surface area (Å²) in [6, 6.07) is 12.4. The van der Waals surface area contributed by atoms with Crippen LogP contribution in [0.3, 0.4) is 0 Å². The molecule has 0 aliphatic carbocycles. The maximum Gasteiger partial charge on any atom is 0.429 e. The Hall–Kier alpha value is -3.24. The van der Waals surface area contributed by atoms with E-state index in [1.165, 1.54) is 24.3 Å². The predicted octanol–water partition coefficient (Wildman–Crippen LogP) is 4.28. The minimum atomic E-state index is -4.79. The molecule has 1 fully saturated rings. The molecule has 1 amide bonds. The van der Waals surface area contributed by atoms with Gasteiger partial charge in [-0.1, -0.05) is 35.9 Å². The number of carboxylic acid groups (broad SMARTS) is 1. The minimum absolute atomic E-state index is 0.00305. The van der Waals surface area contributed by atoms with Crippen molar-refractivity contribution in [2.45, 2.75) is 12.6 Å².